The Bertz CT molecular complexity index is 920. The number of rotatable bonds is 5. The van der Waals surface area contributed by atoms with Gasteiger partial charge in [-0.05, 0) is 36.6 Å². The lowest BCUT2D eigenvalue weighted by Gasteiger charge is -2.26. The molecule has 122 valence electrons. The zero-order valence-corrected chi connectivity index (χ0v) is 13.8. The van der Waals surface area contributed by atoms with E-state index in [9.17, 15) is 9.90 Å². The van der Waals surface area contributed by atoms with Crippen molar-refractivity contribution >= 4 is 33.2 Å². The Hall–Kier alpha value is -2.86. The van der Waals surface area contributed by atoms with Crippen LogP contribution in [0.15, 0.2) is 54.6 Å². The summed E-state index contributed by atoms with van der Waals surface area (Å²) in [5.74, 6) is -0.601. The number of benzene rings is 2. The second-order valence-corrected chi connectivity index (χ2v) is 6.61. The summed E-state index contributed by atoms with van der Waals surface area (Å²) in [4.78, 5) is 12.5. The highest BCUT2D eigenvalue weighted by atomic mass is 32.1. The number of nitrogens with one attached hydrogen (secondary N) is 1. The van der Waals surface area contributed by atoms with E-state index in [4.69, 9.17) is 15.9 Å². The van der Waals surface area contributed by atoms with E-state index < -0.39 is 11.6 Å². The first-order chi connectivity index (χ1) is 11.4. The largest absolute Gasteiger partial charge is 0.478 e. The van der Waals surface area contributed by atoms with Gasteiger partial charge in [-0.25, -0.2) is 4.79 Å². The first kappa shape index (κ1) is 16.0. The van der Waals surface area contributed by atoms with Crippen LogP contribution in [-0.2, 0) is 10.4 Å². The Morgan fingerprint density at radius 1 is 1.21 bits per heavy atom. The molecule has 0 aliphatic carbocycles. The molecule has 5 nitrogen and oxygen atoms in total. The molecule has 0 fully saturated rings. The van der Waals surface area contributed by atoms with Crippen molar-refractivity contribution < 1.29 is 14.6 Å². The second kappa shape index (κ2) is 5.98. The summed E-state index contributed by atoms with van der Waals surface area (Å²) in [6.45, 7) is 1.53. The zero-order valence-electron chi connectivity index (χ0n) is 12.9. The lowest BCUT2D eigenvalue weighted by atomic mass is 9.96. The van der Waals surface area contributed by atoms with Crippen LogP contribution < -0.4 is 10.5 Å². The number of nitrogens with two attached hydrogens (primary N) is 1. The van der Waals surface area contributed by atoms with Gasteiger partial charge in [0.05, 0.1) is 4.88 Å². The number of aliphatic carboxylic acids is 1. The number of nitrogen functional groups attached to an aromatic ring is 1. The van der Waals surface area contributed by atoms with E-state index in [2.05, 4.69) is 0 Å². The maximum Gasteiger partial charge on any atom is 0.352 e. The molecule has 1 unspecified atom stereocenters. The minimum Gasteiger partial charge on any atom is -0.478 e. The van der Waals surface area contributed by atoms with Crippen LogP contribution in [0.1, 0.15) is 17.4 Å². The summed E-state index contributed by atoms with van der Waals surface area (Å²) in [7, 11) is 0. The molecule has 1 atom stereocenters. The third-order valence-corrected chi connectivity index (χ3v) is 4.94. The molecule has 0 aliphatic heterocycles. The third kappa shape index (κ3) is 2.83. The Balaban J connectivity index is 2.00. The molecular weight excluding hydrogens is 324 g/mol. The zero-order chi connectivity index (χ0) is 17.3. The van der Waals surface area contributed by atoms with Gasteiger partial charge in [0, 0.05) is 10.3 Å². The maximum absolute atomic E-state index is 11.8. The van der Waals surface area contributed by atoms with Gasteiger partial charge in [0.25, 0.3) is 0 Å². The van der Waals surface area contributed by atoms with Crippen LogP contribution in [-0.4, -0.2) is 16.9 Å². The van der Waals surface area contributed by atoms with E-state index in [1.54, 1.807) is 36.4 Å². The number of carboxylic acids is 1. The molecule has 1 heterocycles. The molecule has 0 bridgehead atoms. The molecule has 3 aromatic rings. The number of fused-ring (bicyclic) bond motifs is 1. The molecule has 4 N–H and O–H groups in total. The number of carbonyl (C=O) groups is 1. The minimum absolute atomic E-state index is 0.0123. The lowest BCUT2D eigenvalue weighted by Crippen LogP contribution is -2.38. The molecule has 2 aromatic carbocycles. The van der Waals surface area contributed by atoms with Crippen LogP contribution >= 0.6 is 11.3 Å². The van der Waals surface area contributed by atoms with Gasteiger partial charge in [0.2, 0.25) is 5.60 Å². The van der Waals surface area contributed by atoms with E-state index in [1.165, 1.54) is 18.3 Å². The average molecular weight is 340 g/mol. The van der Waals surface area contributed by atoms with Gasteiger partial charge >= 0.3 is 5.97 Å². The van der Waals surface area contributed by atoms with Crippen molar-refractivity contribution in [3.63, 3.8) is 0 Å². The molecule has 0 aliphatic rings. The Morgan fingerprint density at radius 2 is 1.92 bits per heavy atom. The normalized spacial score (nSPS) is 13.4. The van der Waals surface area contributed by atoms with E-state index in [-0.39, 0.29) is 5.84 Å². The highest BCUT2D eigenvalue weighted by molar-refractivity contribution is 7.20. The highest BCUT2D eigenvalue weighted by Gasteiger charge is 2.37. The van der Waals surface area contributed by atoms with Gasteiger partial charge in [-0.3, -0.25) is 5.41 Å². The summed E-state index contributed by atoms with van der Waals surface area (Å²) in [5.41, 5.74) is 4.59. The van der Waals surface area contributed by atoms with Crippen LogP contribution in [0.25, 0.3) is 10.1 Å². The maximum atomic E-state index is 11.8. The molecule has 0 saturated heterocycles. The summed E-state index contributed by atoms with van der Waals surface area (Å²) in [6, 6.07) is 16.0. The number of carboxylic acid groups (broad SMARTS) is 1. The topological polar surface area (TPSA) is 96.4 Å². The second-order valence-electron chi connectivity index (χ2n) is 5.53. The summed E-state index contributed by atoms with van der Waals surface area (Å²) >= 11 is 1.37. The van der Waals surface area contributed by atoms with Crippen molar-refractivity contribution in [3.8, 4) is 5.75 Å². The molecule has 0 saturated carbocycles. The molecule has 24 heavy (non-hydrogen) atoms. The lowest BCUT2D eigenvalue weighted by molar-refractivity contribution is -0.154. The van der Waals surface area contributed by atoms with Crippen LogP contribution in [0.2, 0.25) is 0 Å². The standard InChI is InChI=1S/C18H16N2O3S/c1-18(17(21)22,12-5-3-2-4-6-12)23-13-8-7-11-9-15(16(19)20)24-14(11)10-13/h2-10H,1H3,(H3,19,20)(H,21,22). The Kier molecular flexibility index (Phi) is 3.99. The van der Waals surface area contributed by atoms with E-state index in [0.717, 1.165) is 10.1 Å². The van der Waals surface area contributed by atoms with E-state index >= 15 is 0 Å². The van der Waals surface area contributed by atoms with Gasteiger partial charge in [-0.1, -0.05) is 30.3 Å². The first-order valence-corrected chi connectivity index (χ1v) is 8.08. The predicted octanol–water partition coefficient (Wildman–Crippen LogP) is 3.56. The van der Waals surface area contributed by atoms with Gasteiger partial charge in [0.15, 0.2) is 0 Å². The Labute approximate surface area is 142 Å². The van der Waals surface area contributed by atoms with Crippen LogP contribution in [0, 0.1) is 5.41 Å². The van der Waals surface area contributed by atoms with Crippen molar-refractivity contribution in [2.45, 2.75) is 12.5 Å². The summed E-state index contributed by atoms with van der Waals surface area (Å²) < 4.78 is 6.74. The van der Waals surface area contributed by atoms with Gasteiger partial charge < -0.3 is 15.6 Å². The molecule has 6 heteroatoms. The molecule has 1 aromatic heterocycles. The van der Waals surface area contributed by atoms with E-state index in [1.807, 2.05) is 18.2 Å². The van der Waals surface area contributed by atoms with Gasteiger partial charge in [0.1, 0.15) is 11.6 Å². The van der Waals surface area contributed by atoms with Crippen molar-refractivity contribution in [3.05, 3.63) is 65.0 Å². The van der Waals surface area contributed by atoms with Crippen molar-refractivity contribution in [1.82, 2.24) is 0 Å². The van der Waals surface area contributed by atoms with Crippen molar-refractivity contribution in [2.75, 3.05) is 0 Å². The highest BCUT2D eigenvalue weighted by Crippen LogP contribution is 2.33. The predicted molar refractivity (Wildman–Crippen MR) is 94.9 cm³/mol. The van der Waals surface area contributed by atoms with E-state index in [0.29, 0.717) is 16.2 Å². The number of ether oxygens (including phenoxy) is 1. The average Bonchev–Trinajstić information content (AvgIpc) is 2.99. The summed E-state index contributed by atoms with van der Waals surface area (Å²) in [6.07, 6.45) is 0. The third-order valence-electron chi connectivity index (χ3n) is 3.81. The summed E-state index contributed by atoms with van der Waals surface area (Å²) in [5, 5.41) is 18.1. The fourth-order valence-corrected chi connectivity index (χ4v) is 3.38. The number of hydrogen-bond acceptors (Lipinski definition) is 4. The quantitative estimate of drug-likeness (QED) is 0.489. The van der Waals surface area contributed by atoms with Crippen molar-refractivity contribution in [2.24, 2.45) is 5.73 Å². The monoisotopic (exact) mass is 340 g/mol. The van der Waals surface area contributed by atoms with Gasteiger partial charge in [-0.15, -0.1) is 11.3 Å². The van der Waals surface area contributed by atoms with Gasteiger partial charge in [-0.2, -0.15) is 0 Å². The van der Waals surface area contributed by atoms with Crippen LogP contribution in [0.4, 0.5) is 0 Å². The fourth-order valence-electron chi connectivity index (χ4n) is 2.43. The smallest absolute Gasteiger partial charge is 0.352 e. The Morgan fingerprint density at radius 3 is 2.54 bits per heavy atom. The first-order valence-electron chi connectivity index (χ1n) is 7.26. The molecule has 3 rings (SSSR count). The SMILES string of the molecule is CC(Oc1ccc2cc(C(=N)N)sc2c1)(C(=O)O)c1ccccc1. The van der Waals surface area contributed by atoms with Crippen LogP contribution in [0.5, 0.6) is 5.75 Å². The molecular formula is C18H16N2O3S. The molecule has 0 amide bonds. The fraction of sp³-hybridized carbons (Fsp3) is 0.111. The number of amidine groups is 1. The van der Waals surface area contributed by atoms with Crippen molar-refractivity contribution in [1.29, 1.82) is 5.41 Å². The minimum atomic E-state index is -1.49. The van der Waals surface area contributed by atoms with Crippen LogP contribution in [0.3, 0.4) is 0 Å². The molecule has 0 radical (unpaired) electrons. The number of thiophene rings is 1. The number of hydrogen-bond donors (Lipinski definition) is 3. The molecule has 0 spiro atoms.